The van der Waals surface area contributed by atoms with Gasteiger partial charge < -0.3 is 10.8 Å². The molecule has 0 unspecified atom stereocenters. The predicted molar refractivity (Wildman–Crippen MR) is 61.6 cm³/mol. The molecule has 0 atom stereocenters. The van der Waals surface area contributed by atoms with Crippen molar-refractivity contribution < 1.29 is 13.5 Å². The van der Waals surface area contributed by atoms with Crippen LogP contribution in [0.1, 0.15) is 25.7 Å². The Morgan fingerprint density at radius 1 is 1.41 bits per heavy atom. The van der Waals surface area contributed by atoms with Crippen LogP contribution in [-0.4, -0.2) is 35.9 Å². The van der Waals surface area contributed by atoms with E-state index in [9.17, 15) is 13.5 Å². The van der Waals surface area contributed by atoms with Crippen LogP contribution < -0.4 is 10.5 Å². The number of nitrogen functional groups attached to an aromatic ring is 1. The van der Waals surface area contributed by atoms with Crippen LogP contribution in [0.2, 0.25) is 0 Å². The van der Waals surface area contributed by atoms with E-state index < -0.39 is 10.0 Å². The van der Waals surface area contributed by atoms with Crippen LogP contribution in [0.25, 0.3) is 0 Å². The van der Waals surface area contributed by atoms with E-state index in [-0.39, 0.29) is 22.9 Å². The zero-order valence-electron chi connectivity index (χ0n) is 9.26. The number of aromatic nitrogens is 2. The summed E-state index contributed by atoms with van der Waals surface area (Å²) < 4.78 is 26.5. The second-order valence-electron chi connectivity index (χ2n) is 4.27. The molecule has 0 aliphatic heterocycles. The maximum absolute atomic E-state index is 12.0. The van der Waals surface area contributed by atoms with Crippen molar-refractivity contribution in [1.82, 2.24) is 14.9 Å². The molecule has 5 N–H and O–H groups in total. The lowest BCUT2D eigenvalue weighted by molar-refractivity contribution is 0.120. The molecular weight excluding hydrogens is 244 g/mol. The summed E-state index contributed by atoms with van der Waals surface area (Å²) in [5.41, 5.74) is 5.48. The van der Waals surface area contributed by atoms with Gasteiger partial charge in [0, 0.05) is 6.04 Å². The summed E-state index contributed by atoms with van der Waals surface area (Å²) >= 11 is 0. The van der Waals surface area contributed by atoms with E-state index in [1.807, 2.05) is 0 Å². The Labute approximate surface area is 99.5 Å². The first kappa shape index (κ1) is 12.3. The number of anilines is 1. The Morgan fingerprint density at radius 2 is 2.06 bits per heavy atom. The van der Waals surface area contributed by atoms with Crippen molar-refractivity contribution in [2.75, 3.05) is 5.73 Å². The Morgan fingerprint density at radius 3 is 2.59 bits per heavy atom. The molecule has 96 valence electrons. The number of hydrogen-bond acceptors (Lipinski definition) is 5. The first-order valence-corrected chi connectivity index (χ1v) is 6.96. The lowest BCUT2D eigenvalue weighted by atomic mass is 9.94. The van der Waals surface area contributed by atoms with Crippen LogP contribution in [0.3, 0.4) is 0 Å². The summed E-state index contributed by atoms with van der Waals surface area (Å²) in [4.78, 5) is -0.0244. The number of hydrogen-bond donors (Lipinski definition) is 4. The van der Waals surface area contributed by atoms with Gasteiger partial charge in [-0.05, 0) is 25.7 Å². The number of aliphatic hydroxyl groups is 1. The van der Waals surface area contributed by atoms with E-state index >= 15 is 0 Å². The van der Waals surface area contributed by atoms with E-state index in [1.165, 1.54) is 6.20 Å². The van der Waals surface area contributed by atoms with Gasteiger partial charge >= 0.3 is 0 Å². The second kappa shape index (κ2) is 4.63. The smallest absolute Gasteiger partial charge is 0.246 e. The lowest BCUT2D eigenvalue weighted by Gasteiger charge is -2.25. The Balaban J connectivity index is 2.06. The van der Waals surface area contributed by atoms with Gasteiger partial charge in [0.15, 0.2) is 0 Å². The third-order valence-electron chi connectivity index (χ3n) is 2.94. The summed E-state index contributed by atoms with van der Waals surface area (Å²) in [6, 6.07) is -0.141. The molecule has 1 fully saturated rings. The van der Waals surface area contributed by atoms with Crippen LogP contribution in [0.5, 0.6) is 0 Å². The van der Waals surface area contributed by atoms with Gasteiger partial charge in [0.25, 0.3) is 0 Å². The average molecular weight is 260 g/mol. The van der Waals surface area contributed by atoms with Crippen LogP contribution in [-0.2, 0) is 10.0 Å². The standard InChI is InChI=1S/C9H16N4O3S/c10-9-8(5-11-12-9)17(15,16)13-6-1-3-7(14)4-2-6/h5-7,13-14H,1-4H2,(H3,10,11,12). The number of sulfonamides is 1. The highest BCUT2D eigenvalue weighted by Crippen LogP contribution is 2.21. The molecule has 0 bridgehead atoms. The number of nitrogens with one attached hydrogen (secondary N) is 2. The van der Waals surface area contributed by atoms with Crippen LogP contribution in [0.4, 0.5) is 5.82 Å². The van der Waals surface area contributed by atoms with Gasteiger partial charge in [-0.25, -0.2) is 13.1 Å². The molecule has 1 saturated carbocycles. The van der Waals surface area contributed by atoms with Crippen molar-refractivity contribution in [2.45, 2.75) is 42.7 Å². The first-order valence-electron chi connectivity index (χ1n) is 5.48. The van der Waals surface area contributed by atoms with Gasteiger partial charge in [-0.3, -0.25) is 5.10 Å². The Kier molecular flexibility index (Phi) is 3.36. The molecule has 0 spiro atoms. The fourth-order valence-electron chi connectivity index (χ4n) is 1.98. The predicted octanol–water partition coefficient (Wildman–Crippen LogP) is -0.426. The van der Waals surface area contributed by atoms with Crippen LogP contribution >= 0.6 is 0 Å². The molecule has 0 radical (unpaired) electrons. The molecule has 17 heavy (non-hydrogen) atoms. The zero-order valence-corrected chi connectivity index (χ0v) is 10.1. The molecular formula is C9H16N4O3S. The average Bonchev–Trinajstić information content (AvgIpc) is 2.68. The van der Waals surface area contributed by atoms with Crippen molar-refractivity contribution in [3.63, 3.8) is 0 Å². The molecule has 0 saturated heterocycles. The Bertz CT molecular complexity index is 476. The highest BCUT2D eigenvalue weighted by Gasteiger charge is 2.26. The summed E-state index contributed by atoms with van der Waals surface area (Å²) in [6.45, 7) is 0. The summed E-state index contributed by atoms with van der Waals surface area (Å²) in [7, 11) is -3.62. The minimum absolute atomic E-state index is 0.0244. The number of aromatic amines is 1. The molecule has 1 heterocycles. The van der Waals surface area contributed by atoms with Gasteiger partial charge in [0.1, 0.15) is 10.7 Å². The SMILES string of the molecule is Nc1[nH]ncc1S(=O)(=O)NC1CCC(O)CC1. The molecule has 1 aliphatic rings. The summed E-state index contributed by atoms with van der Waals surface area (Å²) in [5, 5.41) is 15.3. The molecule has 0 aromatic carbocycles. The van der Waals surface area contributed by atoms with E-state index in [0.717, 1.165) is 0 Å². The fraction of sp³-hybridized carbons (Fsp3) is 0.667. The number of H-pyrrole nitrogens is 1. The quantitative estimate of drug-likeness (QED) is 0.588. The third kappa shape index (κ3) is 2.76. The number of rotatable bonds is 3. The minimum Gasteiger partial charge on any atom is -0.393 e. The van der Waals surface area contributed by atoms with Crippen LogP contribution in [0.15, 0.2) is 11.1 Å². The maximum Gasteiger partial charge on any atom is 0.246 e. The van der Waals surface area contributed by atoms with E-state index in [0.29, 0.717) is 25.7 Å². The van der Waals surface area contributed by atoms with Gasteiger partial charge in [0.05, 0.1) is 12.3 Å². The normalized spacial score (nSPS) is 25.9. The maximum atomic E-state index is 12.0. The van der Waals surface area contributed by atoms with Gasteiger partial charge in [-0.1, -0.05) is 0 Å². The molecule has 2 rings (SSSR count). The largest absolute Gasteiger partial charge is 0.393 e. The lowest BCUT2D eigenvalue weighted by Crippen LogP contribution is -2.38. The molecule has 1 aromatic heterocycles. The van der Waals surface area contributed by atoms with E-state index in [4.69, 9.17) is 5.73 Å². The fourth-order valence-corrected chi connectivity index (χ4v) is 3.30. The van der Waals surface area contributed by atoms with Crippen molar-refractivity contribution in [3.05, 3.63) is 6.20 Å². The highest BCUT2D eigenvalue weighted by atomic mass is 32.2. The minimum atomic E-state index is -3.62. The van der Waals surface area contributed by atoms with Crippen molar-refractivity contribution in [1.29, 1.82) is 0 Å². The monoisotopic (exact) mass is 260 g/mol. The van der Waals surface area contributed by atoms with Crippen molar-refractivity contribution >= 4 is 15.8 Å². The third-order valence-corrected chi connectivity index (χ3v) is 4.49. The molecule has 8 heteroatoms. The van der Waals surface area contributed by atoms with Crippen molar-refractivity contribution in [3.8, 4) is 0 Å². The number of nitrogens with zero attached hydrogens (tertiary/aromatic N) is 1. The topological polar surface area (TPSA) is 121 Å². The molecule has 7 nitrogen and oxygen atoms in total. The highest BCUT2D eigenvalue weighted by molar-refractivity contribution is 7.89. The van der Waals surface area contributed by atoms with Gasteiger partial charge in [0.2, 0.25) is 10.0 Å². The van der Waals surface area contributed by atoms with E-state index in [2.05, 4.69) is 14.9 Å². The molecule has 1 aliphatic carbocycles. The number of aliphatic hydroxyl groups excluding tert-OH is 1. The second-order valence-corrected chi connectivity index (χ2v) is 5.96. The van der Waals surface area contributed by atoms with Gasteiger partial charge in [-0.2, -0.15) is 5.10 Å². The summed E-state index contributed by atoms with van der Waals surface area (Å²) in [5.74, 6) is 0.0355. The summed E-state index contributed by atoms with van der Waals surface area (Å²) in [6.07, 6.45) is 3.39. The van der Waals surface area contributed by atoms with Gasteiger partial charge in [-0.15, -0.1) is 0 Å². The van der Waals surface area contributed by atoms with Crippen molar-refractivity contribution in [2.24, 2.45) is 0 Å². The van der Waals surface area contributed by atoms with E-state index in [1.54, 1.807) is 0 Å². The first-order chi connectivity index (χ1) is 7.99. The molecule has 0 amide bonds. The molecule has 1 aromatic rings. The zero-order chi connectivity index (χ0) is 12.5. The Hall–Kier alpha value is -1.12. The number of nitrogens with two attached hydrogens (primary N) is 1. The van der Waals surface area contributed by atoms with Crippen LogP contribution in [0, 0.1) is 0 Å².